The van der Waals surface area contributed by atoms with Crippen LogP contribution in [0.1, 0.15) is 38.1 Å². The molecule has 0 aliphatic carbocycles. The Morgan fingerprint density at radius 3 is 2.40 bits per heavy atom. The number of ether oxygens (including phenoxy) is 1. The molecule has 0 heterocycles. The molecule has 1 N–H and O–H groups in total. The number of amides is 1. The maximum Gasteiger partial charge on any atom is 0.309 e. The number of carbonyl (C=O) groups excluding carboxylic acids is 1. The normalized spacial score (nSPS) is 12.1. The minimum absolute atomic E-state index is 0.0941. The fourth-order valence-electron chi connectivity index (χ4n) is 1.63. The highest BCUT2D eigenvalue weighted by Crippen LogP contribution is 2.27. The molecule has 4 nitrogen and oxygen atoms in total. The topological polar surface area (TPSA) is 47.6 Å². The van der Waals surface area contributed by atoms with Crippen molar-refractivity contribution in [1.82, 2.24) is 5.32 Å². The lowest BCUT2D eigenvalue weighted by Crippen LogP contribution is -2.50. The molecule has 20 heavy (non-hydrogen) atoms. The van der Waals surface area contributed by atoms with Crippen LogP contribution in [0.4, 0.5) is 0 Å². The van der Waals surface area contributed by atoms with Crippen LogP contribution in [0.15, 0.2) is 24.3 Å². The molecule has 0 aromatic heterocycles. The van der Waals surface area contributed by atoms with E-state index in [1.807, 2.05) is 45.9 Å². The quantitative estimate of drug-likeness (QED) is 0.796. The summed E-state index contributed by atoms with van der Waals surface area (Å²) in [5.41, 5.74) is 0.763. The van der Waals surface area contributed by atoms with E-state index in [4.69, 9.17) is 9.39 Å². The smallest absolute Gasteiger partial charge is 0.309 e. The fraction of sp³-hybridized carbons (Fsp3) is 0.533. The summed E-state index contributed by atoms with van der Waals surface area (Å²) in [5, 5.41) is 2.61. The molecule has 110 valence electrons. The minimum atomic E-state index is -0.440. The third kappa shape index (κ3) is 3.84. The van der Waals surface area contributed by atoms with Crippen molar-refractivity contribution in [1.29, 1.82) is 0 Å². The van der Waals surface area contributed by atoms with Gasteiger partial charge in [-0.15, -0.1) is 0 Å². The second-order valence-electron chi connectivity index (χ2n) is 5.79. The van der Waals surface area contributed by atoms with E-state index in [1.165, 1.54) is 0 Å². The van der Waals surface area contributed by atoms with Crippen molar-refractivity contribution >= 4 is 18.9 Å². The Labute approximate surface area is 122 Å². The van der Waals surface area contributed by atoms with E-state index in [1.54, 1.807) is 20.2 Å². The molecular weight excluding hydrogens is 253 g/mol. The second kappa shape index (κ2) is 6.42. The van der Waals surface area contributed by atoms with Crippen molar-refractivity contribution in [3.63, 3.8) is 0 Å². The van der Waals surface area contributed by atoms with Crippen LogP contribution in [-0.4, -0.2) is 38.7 Å². The molecule has 0 atom stereocenters. The molecule has 1 amide bonds. The Morgan fingerprint density at radius 2 is 1.85 bits per heavy atom. The van der Waals surface area contributed by atoms with Crippen molar-refractivity contribution < 1.29 is 14.2 Å². The van der Waals surface area contributed by atoms with Gasteiger partial charge in [-0.05, 0) is 33.8 Å². The molecule has 5 heteroatoms. The summed E-state index contributed by atoms with van der Waals surface area (Å²) in [5.74, 6) is -0.0941. The third-order valence-electron chi connectivity index (χ3n) is 3.98. The lowest BCUT2D eigenvalue weighted by Gasteiger charge is -2.40. The van der Waals surface area contributed by atoms with Crippen molar-refractivity contribution in [3.8, 4) is 0 Å². The molecule has 1 aromatic rings. The van der Waals surface area contributed by atoms with Gasteiger partial charge in [0.05, 0.1) is 11.2 Å². The van der Waals surface area contributed by atoms with Crippen LogP contribution in [0.2, 0.25) is 0 Å². The number of hydrogen-bond donors (Lipinski definition) is 1. The van der Waals surface area contributed by atoms with Gasteiger partial charge in [0.15, 0.2) is 0 Å². The van der Waals surface area contributed by atoms with Crippen LogP contribution < -0.4 is 10.8 Å². The van der Waals surface area contributed by atoms with Crippen LogP contribution in [0.5, 0.6) is 0 Å². The molecular formula is C15H24BNO3. The van der Waals surface area contributed by atoms with Crippen LogP contribution in [-0.2, 0) is 9.39 Å². The van der Waals surface area contributed by atoms with Crippen LogP contribution in [0.3, 0.4) is 0 Å². The summed E-state index contributed by atoms with van der Waals surface area (Å²) in [6.07, 6.45) is 0. The average molecular weight is 277 g/mol. The highest BCUT2D eigenvalue weighted by Gasteiger charge is 2.37. The zero-order valence-electron chi connectivity index (χ0n) is 13.2. The molecule has 0 fully saturated rings. The van der Waals surface area contributed by atoms with E-state index >= 15 is 0 Å². The molecule has 0 saturated heterocycles. The van der Waals surface area contributed by atoms with Gasteiger partial charge in [-0.25, -0.2) is 0 Å². The summed E-state index contributed by atoms with van der Waals surface area (Å²) < 4.78 is 11.5. The van der Waals surface area contributed by atoms with Crippen molar-refractivity contribution in [2.45, 2.75) is 38.9 Å². The Kier molecular flexibility index (Phi) is 5.37. The molecule has 1 rings (SSSR count). The Balaban J connectivity index is 2.78. The van der Waals surface area contributed by atoms with E-state index in [-0.39, 0.29) is 5.91 Å². The summed E-state index contributed by atoms with van der Waals surface area (Å²) in [6.45, 7) is 7.99. The SMILES string of the molecule is CNC(=O)c1cccc(BOC(C)(C)C(C)(C)OC)c1. The highest BCUT2D eigenvalue weighted by atomic mass is 16.5. The summed E-state index contributed by atoms with van der Waals surface area (Å²) in [4.78, 5) is 11.6. The third-order valence-corrected chi connectivity index (χ3v) is 3.98. The highest BCUT2D eigenvalue weighted by molar-refractivity contribution is 6.47. The minimum Gasteiger partial charge on any atom is -0.427 e. The zero-order chi connectivity index (χ0) is 15.4. The van der Waals surface area contributed by atoms with Gasteiger partial charge in [-0.3, -0.25) is 4.79 Å². The fourth-order valence-corrected chi connectivity index (χ4v) is 1.63. The predicted octanol–water partition coefficient (Wildman–Crippen LogP) is 1.24. The van der Waals surface area contributed by atoms with Crippen LogP contribution in [0.25, 0.3) is 0 Å². The van der Waals surface area contributed by atoms with Gasteiger partial charge in [-0.2, -0.15) is 0 Å². The standard InChI is InChI=1S/C15H24BNO3/c1-14(2,19-6)15(3,4)20-16-12-9-7-8-11(10-12)13(18)17-5/h7-10,16H,1-6H3,(H,17,18). The monoisotopic (exact) mass is 277 g/mol. The van der Waals surface area contributed by atoms with Gasteiger partial charge < -0.3 is 14.7 Å². The lowest BCUT2D eigenvalue weighted by atomic mass is 9.82. The number of rotatable bonds is 6. The van der Waals surface area contributed by atoms with Crippen molar-refractivity contribution in [2.24, 2.45) is 0 Å². The van der Waals surface area contributed by atoms with Crippen molar-refractivity contribution in [2.75, 3.05) is 14.2 Å². The Morgan fingerprint density at radius 1 is 1.20 bits per heavy atom. The first-order valence-corrected chi connectivity index (χ1v) is 6.73. The summed E-state index contributed by atoms with van der Waals surface area (Å²) in [7, 11) is 3.73. The molecule has 1 aromatic carbocycles. The summed E-state index contributed by atoms with van der Waals surface area (Å²) >= 11 is 0. The molecule has 0 aliphatic heterocycles. The lowest BCUT2D eigenvalue weighted by molar-refractivity contribution is -0.114. The van der Waals surface area contributed by atoms with Gasteiger partial charge >= 0.3 is 7.48 Å². The molecule has 0 radical (unpaired) electrons. The van der Waals surface area contributed by atoms with E-state index in [2.05, 4.69) is 5.32 Å². The molecule has 0 saturated carbocycles. The Hall–Kier alpha value is -1.33. The second-order valence-corrected chi connectivity index (χ2v) is 5.79. The molecule has 0 unspecified atom stereocenters. The predicted molar refractivity (Wildman–Crippen MR) is 82.9 cm³/mol. The van der Waals surface area contributed by atoms with Gasteiger partial charge in [0.1, 0.15) is 0 Å². The van der Waals surface area contributed by atoms with E-state index in [0.29, 0.717) is 13.0 Å². The first-order chi connectivity index (χ1) is 9.23. The Bertz CT molecular complexity index is 472. The maximum absolute atomic E-state index is 11.6. The van der Waals surface area contributed by atoms with Crippen LogP contribution in [0, 0.1) is 0 Å². The molecule has 0 aliphatic rings. The number of nitrogens with one attached hydrogen (secondary N) is 1. The first kappa shape index (κ1) is 16.7. The van der Waals surface area contributed by atoms with E-state index in [0.717, 1.165) is 5.46 Å². The zero-order valence-corrected chi connectivity index (χ0v) is 13.2. The van der Waals surface area contributed by atoms with Gasteiger partial charge in [0.2, 0.25) is 0 Å². The molecule has 0 spiro atoms. The number of methoxy groups -OCH3 is 1. The number of benzene rings is 1. The van der Waals surface area contributed by atoms with Crippen LogP contribution >= 0.6 is 0 Å². The maximum atomic E-state index is 11.6. The van der Waals surface area contributed by atoms with Gasteiger partial charge in [0, 0.05) is 19.7 Å². The number of carbonyl (C=O) groups is 1. The summed E-state index contributed by atoms with van der Waals surface area (Å²) in [6, 6.07) is 7.43. The van der Waals surface area contributed by atoms with Crippen molar-refractivity contribution in [3.05, 3.63) is 29.8 Å². The van der Waals surface area contributed by atoms with Gasteiger partial charge in [-0.1, -0.05) is 23.7 Å². The van der Waals surface area contributed by atoms with Gasteiger partial charge in [0.25, 0.3) is 5.91 Å². The first-order valence-electron chi connectivity index (χ1n) is 6.73. The molecule has 0 bridgehead atoms. The average Bonchev–Trinajstić information content (AvgIpc) is 2.44. The number of hydrogen-bond acceptors (Lipinski definition) is 3. The van der Waals surface area contributed by atoms with E-state index in [9.17, 15) is 4.79 Å². The largest absolute Gasteiger partial charge is 0.427 e. The van der Waals surface area contributed by atoms with E-state index < -0.39 is 11.2 Å².